The number of aryl methyl sites for hydroxylation is 1. The molecule has 2 N–H and O–H groups in total. The standard InChI is InChI=1S/C10H17N3S2/c1-7-12-10(15-13-7)14-9-6-4-2-3-5-8(9)11/h8-9H,2-6,11H2,1H3. The van der Waals surface area contributed by atoms with Gasteiger partial charge in [-0.3, -0.25) is 0 Å². The summed E-state index contributed by atoms with van der Waals surface area (Å²) < 4.78 is 5.28. The minimum atomic E-state index is 0.335. The number of hydrogen-bond donors (Lipinski definition) is 1. The van der Waals surface area contributed by atoms with E-state index in [1.807, 2.05) is 18.7 Å². The number of thioether (sulfide) groups is 1. The Kier molecular flexibility index (Phi) is 3.99. The largest absolute Gasteiger partial charge is 0.327 e. The normalized spacial score (nSPS) is 27.6. The van der Waals surface area contributed by atoms with E-state index in [1.165, 1.54) is 37.2 Å². The molecule has 2 atom stereocenters. The molecule has 0 radical (unpaired) electrons. The van der Waals surface area contributed by atoms with Crippen molar-refractivity contribution in [1.29, 1.82) is 0 Å². The molecule has 0 spiro atoms. The summed E-state index contributed by atoms with van der Waals surface area (Å²) in [5, 5.41) is 0.542. The number of nitrogens with zero attached hydrogens (tertiary/aromatic N) is 2. The molecule has 0 aromatic carbocycles. The molecule has 3 nitrogen and oxygen atoms in total. The Labute approximate surface area is 99.0 Å². The zero-order chi connectivity index (χ0) is 10.7. The molecule has 2 unspecified atom stereocenters. The van der Waals surface area contributed by atoms with Crippen LogP contribution in [0.1, 0.15) is 37.9 Å². The molecule has 0 bridgehead atoms. The lowest BCUT2D eigenvalue weighted by Crippen LogP contribution is -2.31. The summed E-state index contributed by atoms with van der Waals surface area (Å²) in [6, 6.07) is 0.335. The average Bonchev–Trinajstić information content (AvgIpc) is 2.50. The molecule has 5 heteroatoms. The number of nitrogens with two attached hydrogens (primary N) is 1. The van der Waals surface area contributed by atoms with Gasteiger partial charge in [-0.25, -0.2) is 4.98 Å². The highest BCUT2D eigenvalue weighted by Crippen LogP contribution is 2.32. The SMILES string of the molecule is Cc1nsc(SC2CCCCCC2N)n1. The highest BCUT2D eigenvalue weighted by atomic mass is 32.2. The Bertz CT molecular complexity index is 313. The summed E-state index contributed by atoms with van der Waals surface area (Å²) in [4.78, 5) is 4.38. The average molecular weight is 243 g/mol. The lowest BCUT2D eigenvalue weighted by Gasteiger charge is -2.18. The van der Waals surface area contributed by atoms with Crippen molar-refractivity contribution in [3.8, 4) is 0 Å². The van der Waals surface area contributed by atoms with Crippen LogP contribution in [0.25, 0.3) is 0 Å². The third-order valence-electron chi connectivity index (χ3n) is 2.76. The third-order valence-corrected chi connectivity index (χ3v) is 5.06. The van der Waals surface area contributed by atoms with Gasteiger partial charge in [0.25, 0.3) is 0 Å². The first kappa shape index (κ1) is 11.4. The van der Waals surface area contributed by atoms with Crippen LogP contribution in [-0.4, -0.2) is 20.6 Å². The molecule has 2 rings (SSSR count). The van der Waals surface area contributed by atoms with Gasteiger partial charge in [0.1, 0.15) is 5.82 Å². The number of aromatic nitrogens is 2. The zero-order valence-corrected chi connectivity index (χ0v) is 10.6. The van der Waals surface area contributed by atoms with E-state index >= 15 is 0 Å². The van der Waals surface area contributed by atoms with Crippen LogP contribution in [0.15, 0.2) is 4.34 Å². The molecule has 0 amide bonds. The van der Waals surface area contributed by atoms with E-state index in [0.717, 1.165) is 16.6 Å². The maximum Gasteiger partial charge on any atom is 0.170 e. The van der Waals surface area contributed by atoms with Crippen molar-refractivity contribution in [3.05, 3.63) is 5.82 Å². The van der Waals surface area contributed by atoms with Crippen molar-refractivity contribution in [2.24, 2.45) is 5.73 Å². The molecule has 1 aliphatic carbocycles. The second-order valence-electron chi connectivity index (χ2n) is 4.07. The van der Waals surface area contributed by atoms with E-state index in [1.54, 1.807) is 0 Å². The smallest absolute Gasteiger partial charge is 0.170 e. The predicted octanol–water partition coefficient (Wildman–Crippen LogP) is 2.60. The van der Waals surface area contributed by atoms with Crippen LogP contribution in [0.5, 0.6) is 0 Å². The van der Waals surface area contributed by atoms with Gasteiger partial charge < -0.3 is 5.73 Å². The van der Waals surface area contributed by atoms with Gasteiger partial charge in [-0.1, -0.05) is 31.0 Å². The first-order chi connectivity index (χ1) is 7.25. The molecule has 1 heterocycles. The van der Waals surface area contributed by atoms with E-state index in [0.29, 0.717) is 11.3 Å². The van der Waals surface area contributed by atoms with Gasteiger partial charge in [0.05, 0.1) is 0 Å². The maximum absolute atomic E-state index is 6.17. The van der Waals surface area contributed by atoms with Gasteiger partial charge in [-0.2, -0.15) is 4.37 Å². The maximum atomic E-state index is 6.17. The van der Waals surface area contributed by atoms with Gasteiger partial charge >= 0.3 is 0 Å². The summed E-state index contributed by atoms with van der Waals surface area (Å²) in [5.41, 5.74) is 6.17. The molecule has 1 fully saturated rings. The Morgan fingerprint density at radius 1 is 1.33 bits per heavy atom. The molecule has 1 aromatic heterocycles. The Balaban J connectivity index is 1.97. The predicted molar refractivity (Wildman–Crippen MR) is 65.4 cm³/mol. The van der Waals surface area contributed by atoms with E-state index in [9.17, 15) is 0 Å². The molecule has 84 valence electrons. The summed E-state index contributed by atoms with van der Waals surface area (Å²) >= 11 is 3.33. The first-order valence-electron chi connectivity index (χ1n) is 5.48. The number of rotatable bonds is 2. The van der Waals surface area contributed by atoms with Gasteiger partial charge in [0.2, 0.25) is 0 Å². The van der Waals surface area contributed by atoms with Crippen LogP contribution in [0.2, 0.25) is 0 Å². The molecule has 15 heavy (non-hydrogen) atoms. The summed E-state index contributed by atoms with van der Waals surface area (Å²) in [6.07, 6.45) is 6.32. The molecule has 1 saturated carbocycles. The topological polar surface area (TPSA) is 51.8 Å². The molecular formula is C10H17N3S2. The molecular weight excluding hydrogens is 226 g/mol. The van der Waals surface area contributed by atoms with Crippen LogP contribution in [-0.2, 0) is 0 Å². The number of hydrogen-bond acceptors (Lipinski definition) is 5. The Hall–Kier alpha value is -0.130. The van der Waals surface area contributed by atoms with Crippen LogP contribution >= 0.6 is 23.3 Å². The van der Waals surface area contributed by atoms with Gasteiger partial charge in [0.15, 0.2) is 4.34 Å². The molecule has 1 aliphatic rings. The van der Waals surface area contributed by atoms with Gasteiger partial charge in [-0.15, -0.1) is 0 Å². The van der Waals surface area contributed by atoms with Crippen LogP contribution < -0.4 is 5.73 Å². The second-order valence-corrected chi connectivity index (χ2v) is 6.30. The highest BCUT2D eigenvalue weighted by molar-refractivity contribution is 8.01. The summed E-state index contributed by atoms with van der Waals surface area (Å²) in [5.74, 6) is 0.879. The lowest BCUT2D eigenvalue weighted by atomic mass is 10.1. The minimum Gasteiger partial charge on any atom is -0.327 e. The van der Waals surface area contributed by atoms with Crippen LogP contribution in [0, 0.1) is 6.92 Å². The first-order valence-corrected chi connectivity index (χ1v) is 7.13. The van der Waals surface area contributed by atoms with E-state index in [2.05, 4.69) is 9.36 Å². The van der Waals surface area contributed by atoms with E-state index < -0.39 is 0 Å². The molecule has 0 saturated heterocycles. The summed E-state index contributed by atoms with van der Waals surface area (Å²) in [6.45, 7) is 1.94. The monoisotopic (exact) mass is 243 g/mol. The van der Waals surface area contributed by atoms with Crippen molar-refractivity contribution >= 4 is 23.3 Å². The van der Waals surface area contributed by atoms with E-state index in [-0.39, 0.29) is 0 Å². The van der Waals surface area contributed by atoms with Crippen molar-refractivity contribution < 1.29 is 0 Å². The van der Waals surface area contributed by atoms with Crippen molar-refractivity contribution in [2.45, 2.75) is 54.7 Å². The minimum absolute atomic E-state index is 0.335. The fourth-order valence-electron chi connectivity index (χ4n) is 1.90. The lowest BCUT2D eigenvalue weighted by molar-refractivity contribution is 0.596. The third kappa shape index (κ3) is 3.16. The fraction of sp³-hybridized carbons (Fsp3) is 0.800. The second kappa shape index (κ2) is 5.27. The fourth-order valence-corrected chi connectivity index (χ4v) is 4.02. The van der Waals surface area contributed by atoms with Gasteiger partial charge in [0, 0.05) is 11.3 Å². The van der Waals surface area contributed by atoms with Gasteiger partial charge in [-0.05, 0) is 31.3 Å². The summed E-state index contributed by atoms with van der Waals surface area (Å²) in [7, 11) is 0. The zero-order valence-electron chi connectivity index (χ0n) is 8.98. The van der Waals surface area contributed by atoms with Crippen LogP contribution in [0.3, 0.4) is 0 Å². The highest BCUT2D eigenvalue weighted by Gasteiger charge is 2.22. The molecule has 0 aliphatic heterocycles. The Morgan fingerprint density at radius 2 is 2.13 bits per heavy atom. The Morgan fingerprint density at radius 3 is 2.87 bits per heavy atom. The van der Waals surface area contributed by atoms with Crippen molar-refractivity contribution in [1.82, 2.24) is 9.36 Å². The quantitative estimate of drug-likeness (QED) is 0.811. The molecule has 1 aromatic rings. The van der Waals surface area contributed by atoms with Crippen LogP contribution in [0.4, 0.5) is 0 Å². The van der Waals surface area contributed by atoms with Crippen molar-refractivity contribution in [3.63, 3.8) is 0 Å². The van der Waals surface area contributed by atoms with Crippen molar-refractivity contribution in [2.75, 3.05) is 0 Å². The van der Waals surface area contributed by atoms with E-state index in [4.69, 9.17) is 5.73 Å².